The van der Waals surface area contributed by atoms with Gasteiger partial charge in [-0.1, -0.05) is 34.6 Å². The first-order valence-corrected chi connectivity index (χ1v) is 9.06. The van der Waals surface area contributed by atoms with Gasteiger partial charge in [-0.3, -0.25) is 0 Å². The van der Waals surface area contributed by atoms with Crippen LogP contribution in [0, 0.1) is 0 Å². The summed E-state index contributed by atoms with van der Waals surface area (Å²) in [6.07, 6.45) is 0. The van der Waals surface area contributed by atoms with E-state index in [2.05, 4.69) is 15.1 Å². The van der Waals surface area contributed by atoms with Gasteiger partial charge in [-0.2, -0.15) is 4.98 Å². The number of nitrogens with zero attached hydrogens (tertiary/aromatic N) is 4. The molecule has 0 aliphatic heterocycles. The van der Waals surface area contributed by atoms with Gasteiger partial charge in [-0.05, 0) is 29.6 Å². The molecule has 0 atom stereocenters. The summed E-state index contributed by atoms with van der Waals surface area (Å²) in [5.74, 6) is 1.79. The van der Waals surface area contributed by atoms with Gasteiger partial charge in [0, 0.05) is 12.1 Å². The van der Waals surface area contributed by atoms with E-state index in [1.165, 1.54) is 0 Å². The van der Waals surface area contributed by atoms with Crippen molar-refractivity contribution >= 4 is 45.7 Å². The van der Waals surface area contributed by atoms with E-state index in [-0.39, 0.29) is 0 Å². The summed E-state index contributed by atoms with van der Waals surface area (Å²) >= 11 is 9.16. The number of thioether (sulfide) groups is 1. The molecule has 0 radical (unpaired) electrons. The molecule has 0 fully saturated rings. The standard InChI is InChI=1S/C15H11ClN4OS2/c1-20-11-5-4-9(16)7-10(11)17-15(20)23-8-13-18-14(19-21-13)12-3-2-6-22-12/h2-7H,8H2,1H3. The number of fused-ring (bicyclic) bond motifs is 1. The molecule has 116 valence electrons. The van der Waals surface area contributed by atoms with E-state index in [4.69, 9.17) is 16.1 Å². The molecule has 0 N–H and O–H groups in total. The van der Waals surface area contributed by atoms with Crippen LogP contribution in [0.15, 0.2) is 45.4 Å². The third-order valence-electron chi connectivity index (χ3n) is 3.34. The highest BCUT2D eigenvalue weighted by molar-refractivity contribution is 7.98. The van der Waals surface area contributed by atoms with Crippen LogP contribution >= 0.6 is 34.7 Å². The first-order chi connectivity index (χ1) is 11.2. The van der Waals surface area contributed by atoms with Crippen LogP contribution in [0.25, 0.3) is 21.7 Å². The normalized spacial score (nSPS) is 11.4. The van der Waals surface area contributed by atoms with Crippen molar-refractivity contribution in [2.75, 3.05) is 0 Å². The zero-order valence-electron chi connectivity index (χ0n) is 12.1. The van der Waals surface area contributed by atoms with E-state index >= 15 is 0 Å². The summed E-state index contributed by atoms with van der Waals surface area (Å²) < 4.78 is 7.34. The lowest BCUT2D eigenvalue weighted by Crippen LogP contribution is -1.91. The first kappa shape index (κ1) is 14.7. The minimum atomic E-state index is 0.573. The van der Waals surface area contributed by atoms with Gasteiger partial charge in [0.15, 0.2) is 5.16 Å². The Morgan fingerprint density at radius 3 is 3.04 bits per heavy atom. The Bertz CT molecular complexity index is 961. The Labute approximate surface area is 145 Å². The van der Waals surface area contributed by atoms with E-state index < -0.39 is 0 Å². The van der Waals surface area contributed by atoms with Crippen LogP contribution in [0.5, 0.6) is 0 Å². The van der Waals surface area contributed by atoms with Gasteiger partial charge >= 0.3 is 0 Å². The Hall–Kier alpha value is -1.83. The second kappa shape index (κ2) is 5.99. The maximum atomic E-state index is 6.02. The molecule has 0 aliphatic carbocycles. The predicted octanol–water partition coefficient (Wildman–Crippen LogP) is 4.63. The van der Waals surface area contributed by atoms with Crippen molar-refractivity contribution < 1.29 is 4.52 Å². The molecule has 4 aromatic rings. The first-order valence-electron chi connectivity index (χ1n) is 6.82. The van der Waals surface area contributed by atoms with Crippen LogP contribution in [0.3, 0.4) is 0 Å². The third kappa shape index (κ3) is 2.87. The minimum Gasteiger partial charge on any atom is -0.338 e. The molecular formula is C15H11ClN4OS2. The molecule has 5 nitrogen and oxygen atoms in total. The molecule has 23 heavy (non-hydrogen) atoms. The second-order valence-corrected chi connectivity index (χ2v) is 7.19. The molecule has 0 spiro atoms. The molecule has 0 aliphatic rings. The number of aromatic nitrogens is 4. The quantitative estimate of drug-likeness (QED) is 0.495. The van der Waals surface area contributed by atoms with Crippen LogP contribution in [0.2, 0.25) is 5.02 Å². The van der Waals surface area contributed by atoms with E-state index in [0.29, 0.717) is 22.5 Å². The lowest BCUT2D eigenvalue weighted by Gasteiger charge is -1.99. The van der Waals surface area contributed by atoms with Gasteiger partial charge < -0.3 is 9.09 Å². The van der Waals surface area contributed by atoms with Crippen molar-refractivity contribution in [1.82, 2.24) is 19.7 Å². The largest absolute Gasteiger partial charge is 0.338 e. The average molecular weight is 363 g/mol. The fraction of sp³-hybridized carbons (Fsp3) is 0.133. The summed E-state index contributed by atoms with van der Waals surface area (Å²) in [5, 5.41) is 7.58. The topological polar surface area (TPSA) is 56.7 Å². The SMILES string of the molecule is Cn1c(SCc2nc(-c3cccs3)no2)nc2cc(Cl)ccc21. The van der Waals surface area contributed by atoms with Crippen molar-refractivity contribution in [3.63, 3.8) is 0 Å². The second-order valence-electron chi connectivity index (χ2n) is 4.86. The monoisotopic (exact) mass is 362 g/mol. The number of thiophene rings is 1. The Balaban J connectivity index is 1.54. The number of aryl methyl sites for hydroxylation is 1. The molecule has 0 unspecified atom stereocenters. The van der Waals surface area contributed by atoms with E-state index in [0.717, 1.165) is 21.1 Å². The average Bonchev–Trinajstić information content (AvgIpc) is 3.25. The summed E-state index contributed by atoms with van der Waals surface area (Å²) in [5.41, 5.74) is 1.93. The van der Waals surface area contributed by atoms with Crippen LogP contribution in [-0.4, -0.2) is 19.7 Å². The van der Waals surface area contributed by atoms with E-state index in [1.807, 2.05) is 47.3 Å². The number of imidazole rings is 1. The number of hydrogen-bond acceptors (Lipinski definition) is 6. The van der Waals surface area contributed by atoms with Gasteiger partial charge in [0.1, 0.15) is 0 Å². The smallest absolute Gasteiger partial charge is 0.237 e. The number of benzene rings is 1. The molecule has 8 heteroatoms. The molecule has 0 bridgehead atoms. The highest BCUT2D eigenvalue weighted by Gasteiger charge is 2.13. The summed E-state index contributed by atoms with van der Waals surface area (Å²) in [6.45, 7) is 0. The predicted molar refractivity (Wildman–Crippen MR) is 92.9 cm³/mol. The molecule has 0 saturated heterocycles. The van der Waals surface area contributed by atoms with Crippen molar-refractivity contribution in [3.05, 3.63) is 46.6 Å². The fourth-order valence-corrected chi connectivity index (χ4v) is 3.87. The number of rotatable bonds is 4. The van der Waals surface area contributed by atoms with Crippen LogP contribution in [0.4, 0.5) is 0 Å². The number of halogens is 1. The summed E-state index contributed by atoms with van der Waals surface area (Å²) in [6, 6.07) is 9.64. The van der Waals surface area contributed by atoms with Crippen LogP contribution in [0.1, 0.15) is 5.89 Å². The summed E-state index contributed by atoms with van der Waals surface area (Å²) in [7, 11) is 1.98. The van der Waals surface area contributed by atoms with Gasteiger partial charge in [0.2, 0.25) is 11.7 Å². The van der Waals surface area contributed by atoms with Crippen molar-refractivity contribution in [2.45, 2.75) is 10.9 Å². The van der Waals surface area contributed by atoms with Gasteiger partial charge in [-0.25, -0.2) is 4.98 Å². The zero-order valence-corrected chi connectivity index (χ0v) is 14.5. The Kier molecular flexibility index (Phi) is 3.84. The van der Waals surface area contributed by atoms with Crippen LogP contribution < -0.4 is 0 Å². The number of hydrogen-bond donors (Lipinski definition) is 0. The molecule has 0 amide bonds. The lowest BCUT2D eigenvalue weighted by atomic mass is 10.3. The minimum absolute atomic E-state index is 0.573. The molecular weight excluding hydrogens is 352 g/mol. The maximum absolute atomic E-state index is 6.02. The Morgan fingerprint density at radius 2 is 2.22 bits per heavy atom. The van der Waals surface area contributed by atoms with Gasteiger partial charge in [-0.15, -0.1) is 11.3 Å². The highest BCUT2D eigenvalue weighted by Crippen LogP contribution is 2.28. The van der Waals surface area contributed by atoms with Gasteiger partial charge in [0.25, 0.3) is 0 Å². The molecule has 0 saturated carbocycles. The molecule has 3 aromatic heterocycles. The Morgan fingerprint density at radius 1 is 1.30 bits per heavy atom. The molecule has 3 heterocycles. The third-order valence-corrected chi connectivity index (χ3v) is 5.45. The maximum Gasteiger partial charge on any atom is 0.237 e. The molecule has 1 aromatic carbocycles. The fourth-order valence-electron chi connectivity index (χ4n) is 2.23. The van der Waals surface area contributed by atoms with Crippen molar-refractivity contribution in [1.29, 1.82) is 0 Å². The van der Waals surface area contributed by atoms with Crippen molar-refractivity contribution in [2.24, 2.45) is 7.05 Å². The van der Waals surface area contributed by atoms with Gasteiger partial charge in [0.05, 0.1) is 21.7 Å². The summed E-state index contributed by atoms with van der Waals surface area (Å²) in [4.78, 5) is 10.0. The van der Waals surface area contributed by atoms with E-state index in [1.54, 1.807) is 23.1 Å². The highest BCUT2D eigenvalue weighted by atomic mass is 35.5. The lowest BCUT2D eigenvalue weighted by molar-refractivity contribution is 0.391. The van der Waals surface area contributed by atoms with Crippen LogP contribution in [-0.2, 0) is 12.8 Å². The molecule has 4 rings (SSSR count). The van der Waals surface area contributed by atoms with E-state index in [9.17, 15) is 0 Å². The zero-order chi connectivity index (χ0) is 15.8. The van der Waals surface area contributed by atoms with Crippen molar-refractivity contribution in [3.8, 4) is 10.7 Å².